The van der Waals surface area contributed by atoms with Crippen LogP contribution < -0.4 is 10.1 Å². The van der Waals surface area contributed by atoms with E-state index in [2.05, 4.69) is 27.5 Å². The van der Waals surface area contributed by atoms with Crippen molar-refractivity contribution in [2.24, 2.45) is 0 Å². The molecule has 2 aromatic rings. The van der Waals surface area contributed by atoms with Crippen LogP contribution in [0.2, 0.25) is 0 Å². The molecule has 1 aromatic heterocycles. The van der Waals surface area contributed by atoms with Crippen LogP contribution in [0.5, 0.6) is 5.75 Å². The fourth-order valence-corrected chi connectivity index (χ4v) is 3.66. The summed E-state index contributed by atoms with van der Waals surface area (Å²) in [6.45, 7) is 6.72. The number of likely N-dealkylation sites (tertiary alicyclic amines) is 1. The van der Waals surface area contributed by atoms with Crippen molar-refractivity contribution in [1.29, 1.82) is 0 Å². The second-order valence-electron chi connectivity index (χ2n) is 7.27. The molecule has 1 fully saturated rings. The van der Waals surface area contributed by atoms with Gasteiger partial charge in [0.25, 0.3) is 0 Å². The van der Waals surface area contributed by atoms with Crippen LogP contribution in [0.4, 0.5) is 0 Å². The van der Waals surface area contributed by atoms with Gasteiger partial charge in [-0.1, -0.05) is 17.3 Å². The van der Waals surface area contributed by atoms with E-state index in [0.717, 1.165) is 55.2 Å². The Hall–Kier alpha value is -2.34. The lowest BCUT2D eigenvalue weighted by atomic mass is 10.0. The Labute approximate surface area is 160 Å². The predicted molar refractivity (Wildman–Crippen MR) is 104 cm³/mol. The molecule has 3 rings (SSSR count). The molecule has 1 aliphatic heterocycles. The molecule has 1 amide bonds. The van der Waals surface area contributed by atoms with E-state index >= 15 is 0 Å². The van der Waals surface area contributed by atoms with Gasteiger partial charge in [-0.3, -0.25) is 9.69 Å². The third-order valence-electron chi connectivity index (χ3n) is 5.28. The van der Waals surface area contributed by atoms with Crippen molar-refractivity contribution in [1.82, 2.24) is 15.4 Å². The highest BCUT2D eigenvalue weighted by Crippen LogP contribution is 2.18. The first-order valence-corrected chi connectivity index (χ1v) is 9.61. The molecular formula is C21H29N3O3. The number of piperidine rings is 1. The first-order chi connectivity index (χ1) is 13.0. The summed E-state index contributed by atoms with van der Waals surface area (Å²) < 4.78 is 10.5. The van der Waals surface area contributed by atoms with Gasteiger partial charge in [0.2, 0.25) is 5.91 Å². The van der Waals surface area contributed by atoms with Crippen molar-refractivity contribution < 1.29 is 14.1 Å². The summed E-state index contributed by atoms with van der Waals surface area (Å²) in [5, 5.41) is 7.13. The van der Waals surface area contributed by atoms with E-state index in [1.165, 1.54) is 5.56 Å². The lowest BCUT2D eigenvalue weighted by Gasteiger charge is -2.32. The maximum absolute atomic E-state index is 12.3. The Balaban J connectivity index is 1.40. The van der Waals surface area contributed by atoms with Gasteiger partial charge in [0.05, 0.1) is 12.8 Å². The summed E-state index contributed by atoms with van der Waals surface area (Å²) in [6.07, 6.45) is 3.14. The summed E-state index contributed by atoms with van der Waals surface area (Å²) in [5.41, 5.74) is 3.20. The van der Waals surface area contributed by atoms with Crippen LogP contribution in [0.15, 0.2) is 28.8 Å². The minimum atomic E-state index is 0.112. The number of hydrogen-bond donors (Lipinski definition) is 1. The topological polar surface area (TPSA) is 67.6 Å². The van der Waals surface area contributed by atoms with Crippen LogP contribution in [0, 0.1) is 13.8 Å². The lowest BCUT2D eigenvalue weighted by molar-refractivity contribution is -0.122. The van der Waals surface area contributed by atoms with Gasteiger partial charge in [0.15, 0.2) is 0 Å². The van der Waals surface area contributed by atoms with Crippen molar-refractivity contribution >= 4 is 5.91 Å². The van der Waals surface area contributed by atoms with Crippen LogP contribution >= 0.6 is 0 Å². The number of methoxy groups -OCH3 is 1. The largest absolute Gasteiger partial charge is 0.497 e. The zero-order valence-corrected chi connectivity index (χ0v) is 16.5. The number of carbonyl (C=O) groups excluding carboxylic acids is 1. The third kappa shape index (κ3) is 5.32. The number of nitrogens with zero attached hydrogens (tertiary/aromatic N) is 2. The standard InChI is InChI=1S/C21H29N3O3/c1-15-20(16(2)27-23-15)7-8-21(25)22-18-9-11-24(12-10-18)14-17-5-4-6-19(13-17)26-3/h4-6,13,18H,7-12,14H2,1-3H3,(H,22,25). The van der Waals surface area contributed by atoms with Crippen LogP contribution in [0.25, 0.3) is 0 Å². The van der Waals surface area contributed by atoms with E-state index in [-0.39, 0.29) is 11.9 Å². The van der Waals surface area contributed by atoms with Crippen molar-refractivity contribution in [2.45, 2.75) is 52.1 Å². The molecule has 0 unspecified atom stereocenters. The smallest absolute Gasteiger partial charge is 0.220 e. The van der Waals surface area contributed by atoms with Gasteiger partial charge in [-0.25, -0.2) is 0 Å². The highest BCUT2D eigenvalue weighted by Gasteiger charge is 2.21. The molecule has 0 atom stereocenters. The molecule has 1 saturated heterocycles. The second-order valence-corrected chi connectivity index (χ2v) is 7.27. The molecule has 1 aliphatic rings. The molecular weight excluding hydrogens is 342 g/mol. The highest BCUT2D eigenvalue weighted by atomic mass is 16.5. The Morgan fingerprint density at radius 3 is 2.78 bits per heavy atom. The molecule has 6 heteroatoms. The van der Waals surface area contributed by atoms with E-state index in [0.29, 0.717) is 12.8 Å². The van der Waals surface area contributed by atoms with Gasteiger partial charge >= 0.3 is 0 Å². The third-order valence-corrected chi connectivity index (χ3v) is 5.28. The van der Waals surface area contributed by atoms with Crippen LogP contribution in [0.1, 0.15) is 41.8 Å². The molecule has 1 aromatic carbocycles. The first-order valence-electron chi connectivity index (χ1n) is 9.61. The molecule has 1 N–H and O–H groups in total. The maximum atomic E-state index is 12.3. The fraction of sp³-hybridized carbons (Fsp3) is 0.524. The van der Waals surface area contributed by atoms with Crippen LogP contribution in [-0.2, 0) is 17.8 Å². The van der Waals surface area contributed by atoms with Gasteiger partial charge in [-0.15, -0.1) is 0 Å². The van der Waals surface area contributed by atoms with E-state index in [1.807, 2.05) is 26.0 Å². The van der Waals surface area contributed by atoms with Gasteiger partial charge in [0, 0.05) is 37.7 Å². The van der Waals surface area contributed by atoms with Crippen LogP contribution in [-0.4, -0.2) is 42.2 Å². The van der Waals surface area contributed by atoms with Gasteiger partial charge in [0.1, 0.15) is 11.5 Å². The highest BCUT2D eigenvalue weighted by molar-refractivity contribution is 5.76. The molecule has 2 heterocycles. The molecule has 0 spiro atoms. The molecule has 0 saturated carbocycles. The molecule has 0 radical (unpaired) electrons. The minimum Gasteiger partial charge on any atom is -0.497 e. The lowest BCUT2D eigenvalue weighted by Crippen LogP contribution is -2.44. The van der Waals surface area contributed by atoms with Crippen molar-refractivity contribution in [3.8, 4) is 5.75 Å². The molecule has 0 aliphatic carbocycles. The van der Waals surface area contributed by atoms with E-state index < -0.39 is 0 Å². The zero-order chi connectivity index (χ0) is 19.2. The molecule has 6 nitrogen and oxygen atoms in total. The Morgan fingerprint density at radius 1 is 1.33 bits per heavy atom. The molecule has 146 valence electrons. The number of hydrogen-bond acceptors (Lipinski definition) is 5. The SMILES string of the molecule is COc1cccc(CN2CCC(NC(=O)CCc3c(C)noc3C)CC2)c1. The number of amides is 1. The summed E-state index contributed by atoms with van der Waals surface area (Å²) in [6, 6.07) is 8.48. The quantitative estimate of drug-likeness (QED) is 0.810. The average Bonchev–Trinajstić information content (AvgIpc) is 2.99. The first kappa shape index (κ1) is 19.4. The summed E-state index contributed by atoms with van der Waals surface area (Å²) in [4.78, 5) is 14.7. The summed E-state index contributed by atoms with van der Waals surface area (Å²) in [5.74, 6) is 1.82. The second kappa shape index (κ2) is 9.04. The van der Waals surface area contributed by atoms with Gasteiger partial charge < -0.3 is 14.6 Å². The predicted octanol–water partition coefficient (Wildman–Crippen LogP) is 3.01. The normalized spacial score (nSPS) is 15.7. The van der Waals surface area contributed by atoms with E-state index in [4.69, 9.17) is 9.26 Å². The number of aryl methyl sites for hydroxylation is 2. The number of ether oxygens (including phenoxy) is 1. The summed E-state index contributed by atoms with van der Waals surface area (Å²) >= 11 is 0. The van der Waals surface area contributed by atoms with Crippen molar-refractivity contribution in [3.63, 3.8) is 0 Å². The van der Waals surface area contributed by atoms with Crippen molar-refractivity contribution in [2.75, 3.05) is 20.2 Å². The molecule has 0 bridgehead atoms. The number of carbonyl (C=O) groups is 1. The number of rotatable bonds is 7. The maximum Gasteiger partial charge on any atom is 0.220 e. The number of aromatic nitrogens is 1. The number of benzene rings is 1. The Bertz CT molecular complexity index is 744. The summed E-state index contributed by atoms with van der Waals surface area (Å²) in [7, 11) is 1.69. The zero-order valence-electron chi connectivity index (χ0n) is 16.5. The average molecular weight is 371 g/mol. The number of nitrogens with one attached hydrogen (secondary N) is 1. The van der Waals surface area contributed by atoms with Gasteiger partial charge in [-0.2, -0.15) is 0 Å². The minimum absolute atomic E-state index is 0.112. The van der Waals surface area contributed by atoms with E-state index in [1.54, 1.807) is 7.11 Å². The fourth-order valence-electron chi connectivity index (χ4n) is 3.66. The Kier molecular flexibility index (Phi) is 6.50. The van der Waals surface area contributed by atoms with E-state index in [9.17, 15) is 4.79 Å². The monoisotopic (exact) mass is 371 g/mol. The Morgan fingerprint density at radius 2 is 2.11 bits per heavy atom. The van der Waals surface area contributed by atoms with Gasteiger partial charge in [-0.05, 0) is 50.8 Å². The van der Waals surface area contributed by atoms with Crippen molar-refractivity contribution in [3.05, 3.63) is 46.8 Å². The molecule has 27 heavy (non-hydrogen) atoms. The van der Waals surface area contributed by atoms with Crippen LogP contribution in [0.3, 0.4) is 0 Å².